The highest BCUT2D eigenvalue weighted by atomic mass is 19.1. The average molecular weight is 338 g/mol. The molecule has 0 amide bonds. The van der Waals surface area contributed by atoms with Gasteiger partial charge in [-0.15, -0.1) is 0 Å². The molecule has 1 nitrogen and oxygen atoms in total. The van der Waals surface area contributed by atoms with Crippen LogP contribution < -0.4 is 4.74 Å². The van der Waals surface area contributed by atoms with Gasteiger partial charge in [0.05, 0.1) is 12.9 Å². The first-order valence-corrected chi connectivity index (χ1v) is 9.38. The molecule has 3 rings (SSSR count). The lowest BCUT2D eigenvalue weighted by Crippen LogP contribution is -2.12. The number of allylic oxidation sites excluding steroid dienone is 1. The van der Waals surface area contributed by atoms with Crippen LogP contribution in [-0.2, 0) is 0 Å². The Bertz CT molecular complexity index is 664. The van der Waals surface area contributed by atoms with E-state index in [1.807, 2.05) is 19.1 Å². The van der Waals surface area contributed by atoms with Crippen LogP contribution >= 0.6 is 0 Å². The quantitative estimate of drug-likeness (QED) is 0.556. The van der Waals surface area contributed by atoms with Crippen LogP contribution in [0.4, 0.5) is 4.39 Å². The molecule has 1 fully saturated rings. The molecular weight excluding hydrogens is 311 g/mol. The summed E-state index contributed by atoms with van der Waals surface area (Å²) in [5.41, 5.74) is 3.90. The molecule has 25 heavy (non-hydrogen) atoms. The molecular formula is C23H27FO. The van der Waals surface area contributed by atoms with Crippen LogP contribution in [0.3, 0.4) is 0 Å². The summed E-state index contributed by atoms with van der Waals surface area (Å²) in [5.74, 6) is 2.23. The standard InChI is InChI=1S/C23H27FO/c1-2-25-23-15-13-22(14-16-23)21-11-9-20(10-12-21)19-7-5-18(6-8-19)4-3-17-24/h3,9-19H,2,4-8H2,1H3/t18-,19-. The normalized spacial score (nSPS) is 20.7. The van der Waals surface area contributed by atoms with Crippen LogP contribution in [0, 0.1) is 5.92 Å². The van der Waals surface area contributed by atoms with Crippen LogP contribution in [0.1, 0.15) is 50.5 Å². The summed E-state index contributed by atoms with van der Waals surface area (Å²) in [5, 5.41) is 0. The van der Waals surface area contributed by atoms with Crippen molar-refractivity contribution in [1.29, 1.82) is 0 Å². The first kappa shape index (κ1) is 17.7. The second-order valence-corrected chi connectivity index (χ2v) is 6.89. The van der Waals surface area contributed by atoms with Crippen molar-refractivity contribution >= 4 is 0 Å². The third-order valence-corrected chi connectivity index (χ3v) is 5.29. The van der Waals surface area contributed by atoms with Crippen molar-refractivity contribution in [2.45, 2.75) is 44.9 Å². The van der Waals surface area contributed by atoms with Gasteiger partial charge in [-0.3, -0.25) is 0 Å². The molecule has 0 radical (unpaired) electrons. The van der Waals surface area contributed by atoms with Gasteiger partial charge in [0.2, 0.25) is 0 Å². The van der Waals surface area contributed by atoms with Crippen molar-refractivity contribution in [3.05, 3.63) is 66.5 Å². The van der Waals surface area contributed by atoms with Crippen LogP contribution in [0.2, 0.25) is 0 Å². The molecule has 132 valence electrons. The number of halogens is 1. The Morgan fingerprint density at radius 1 is 0.920 bits per heavy atom. The molecule has 0 N–H and O–H groups in total. The number of rotatable bonds is 6. The Kier molecular flexibility index (Phi) is 6.27. The molecule has 2 aromatic carbocycles. The molecule has 0 saturated heterocycles. The van der Waals surface area contributed by atoms with E-state index in [4.69, 9.17) is 4.74 Å². The summed E-state index contributed by atoms with van der Waals surface area (Å²) in [6.45, 7) is 2.69. The maximum absolute atomic E-state index is 12.1. The Labute approximate surface area is 150 Å². The number of ether oxygens (including phenoxy) is 1. The maximum atomic E-state index is 12.1. The fraction of sp³-hybridized carbons (Fsp3) is 0.391. The van der Waals surface area contributed by atoms with Crippen LogP contribution in [-0.4, -0.2) is 6.61 Å². The van der Waals surface area contributed by atoms with Crippen LogP contribution in [0.15, 0.2) is 60.9 Å². The molecule has 0 aromatic heterocycles. The molecule has 0 unspecified atom stereocenters. The van der Waals surface area contributed by atoms with Crippen LogP contribution in [0.25, 0.3) is 11.1 Å². The summed E-state index contributed by atoms with van der Waals surface area (Å²) < 4.78 is 17.6. The fourth-order valence-electron chi connectivity index (χ4n) is 3.83. The summed E-state index contributed by atoms with van der Waals surface area (Å²) in [7, 11) is 0. The molecule has 1 aliphatic carbocycles. The van der Waals surface area contributed by atoms with Crippen molar-refractivity contribution in [2.75, 3.05) is 6.61 Å². The molecule has 0 aliphatic heterocycles. The Hall–Kier alpha value is -2.09. The molecule has 1 saturated carbocycles. The SMILES string of the molecule is CCOc1ccc(-c2ccc([C@H]3CC[C@H](CC=CF)CC3)cc2)cc1. The number of hydrogen-bond donors (Lipinski definition) is 0. The minimum absolute atomic E-state index is 0.653. The van der Waals surface area contributed by atoms with Gasteiger partial charge in [0.1, 0.15) is 5.75 Å². The molecule has 0 bridgehead atoms. The first-order valence-electron chi connectivity index (χ1n) is 9.38. The highest BCUT2D eigenvalue weighted by Crippen LogP contribution is 2.37. The monoisotopic (exact) mass is 338 g/mol. The molecule has 0 heterocycles. The van der Waals surface area contributed by atoms with Gasteiger partial charge in [-0.2, -0.15) is 0 Å². The van der Waals surface area contributed by atoms with E-state index in [0.717, 1.165) is 12.2 Å². The van der Waals surface area contributed by atoms with Crippen molar-refractivity contribution in [3.8, 4) is 16.9 Å². The van der Waals surface area contributed by atoms with E-state index in [2.05, 4.69) is 36.4 Å². The van der Waals surface area contributed by atoms with Crippen molar-refractivity contribution in [3.63, 3.8) is 0 Å². The topological polar surface area (TPSA) is 9.23 Å². The third kappa shape index (κ3) is 4.72. The summed E-state index contributed by atoms with van der Waals surface area (Å²) >= 11 is 0. The van der Waals surface area contributed by atoms with Gasteiger partial charge in [0.25, 0.3) is 0 Å². The van der Waals surface area contributed by atoms with Crippen molar-refractivity contribution in [2.24, 2.45) is 5.92 Å². The minimum Gasteiger partial charge on any atom is -0.494 e. The fourth-order valence-corrected chi connectivity index (χ4v) is 3.83. The van der Waals surface area contributed by atoms with E-state index in [-0.39, 0.29) is 0 Å². The van der Waals surface area contributed by atoms with Gasteiger partial charge in [0.15, 0.2) is 0 Å². The molecule has 0 spiro atoms. The maximum Gasteiger partial charge on any atom is 0.119 e. The van der Waals surface area contributed by atoms with E-state index >= 15 is 0 Å². The van der Waals surface area contributed by atoms with Gasteiger partial charge >= 0.3 is 0 Å². The van der Waals surface area contributed by atoms with E-state index in [1.54, 1.807) is 6.08 Å². The average Bonchev–Trinajstić information content (AvgIpc) is 2.68. The highest BCUT2D eigenvalue weighted by Gasteiger charge is 2.21. The second-order valence-electron chi connectivity index (χ2n) is 6.89. The minimum atomic E-state index is 0.653. The molecule has 1 aliphatic rings. The smallest absolute Gasteiger partial charge is 0.119 e. The second kappa shape index (κ2) is 8.84. The largest absolute Gasteiger partial charge is 0.494 e. The molecule has 0 atom stereocenters. The molecule has 2 heteroatoms. The zero-order chi connectivity index (χ0) is 17.5. The molecule has 2 aromatic rings. The van der Waals surface area contributed by atoms with Gasteiger partial charge in [0, 0.05) is 0 Å². The third-order valence-electron chi connectivity index (χ3n) is 5.29. The van der Waals surface area contributed by atoms with Gasteiger partial charge < -0.3 is 4.74 Å². The van der Waals surface area contributed by atoms with Crippen molar-refractivity contribution < 1.29 is 9.13 Å². The zero-order valence-corrected chi connectivity index (χ0v) is 15.0. The first-order chi connectivity index (χ1) is 12.3. The lowest BCUT2D eigenvalue weighted by Gasteiger charge is -2.28. The van der Waals surface area contributed by atoms with Gasteiger partial charge in [-0.1, -0.05) is 42.5 Å². The predicted octanol–water partition coefficient (Wildman–Crippen LogP) is 6.90. The van der Waals surface area contributed by atoms with Gasteiger partial charge in [-0.05, 0) is 79.7 Å². The lowest BCUT2D eigenvalue weighted by atomic mass is 9.77. The van der Waals surface area contributed by atoms with E-state index in [1.165, 1.54) is 42.4 Å². The predicted molar refractivity (Wildman–Crippen MR) is 103 cm³/mol. The summed E-state index contributed by atoms with van der Waals surface area (Å²) in [4.78, 5) is 0. The summed E-state index contributed by atoms with van der Waals surface area (Å²) in [6, 6.07) is 17.3. The van der Waals surface area contributed by atoms with Gasteiger partial charge in [-0.25, -0.2) is 4.39 Å². The lowest BCUT2D eigenvalue weighted by molar-refractivity contribution is 0.327. The summed E-state index contributed by atoms with van der Waals surface area (Å²) in [6.07, 6.45) is 8.08. The Morgan fingerprint density at radius 3 is 2.08 bits per heavy atom. The Morgan fingerprint density at radius 2 is 1.52 bits per heavy atom. The Balaban J connectivity index is 1.61. The van der Waals surface area contributed by atoms with Crippen LogP contribution in [0.5, 0.6) is 5.75 Å². The number of benzene rings is 2. The van der Waals surface area contributed by atoms with Crippen molar-refractivity contribution in [1.82, 2.24) is 0 Å². The zero-order valence-electron chi connectivity index (χ0n) is 15.0. The highest BCUT2D eigenvalue weighted by molar-refractivity contribution is 5.64. The van der Waals surface area contributed by atoms with E-state index in [0.29, 0.717) is 24.8 Å². The number of hydrogen-bond acceptors (Lipinski definition) is 1. The van der Waals surface area contributed by atoms with E-state index in [9.17, 15) is 4.39 Å². The van der Waals surface area contributed by atoms with E-state index < -0.39 is 0 Å².